The van der Waals surface area contributed by atoms with Crippen molar-refractivity contribution in [2.24, 2.45) is 0 Å². The van der Waals surface area contributed by atoms with Crippen LogP contribution >= 0.6 is 47.4 Å². The van der Waals surface area contributed by atoms with Gasteiger partial charge in [0, 0.05) is 28.9 Å². The van der Waals surface area contributed by atoms with Gasteiger partial charge in [0.2, 0.25) is 5.91 Å². The average molecular weight is 358 g/mol. The molecule has 0 spiro atoms. The Labute approximate surface area is 140 Å². The number of likely N-dealkylation sites (N-methyl/N-ethyl adjacent to an activating group) is 1. The van der Waals surface area contributed by atoms with Crippen LogP contribution in [0.4, 0.5) is 0 Å². The number of thioether (sulfide) groups is 1. The fourth-order valence-corrected chi connectivity index (χ4v) is 2.83. The zero-order valence-corrected chi connectivity index (χ0v) is 14.4. The highest BCUT2D eigenvalue weighted by Gasteiger charge is 2.04. The first kappa shape index (κ1) is 19.9. The van der Waals surface area contributed by atoms with E-state index in [0.29, 0.717) is 28.1 Å². The number of hydrogen-bond acceptors (Lipinski definition) is 3. The number of amides is 1. The van der Waals surface area contributed by atoms with Crippen LogP contribution in [0.5, 0.6) is 0 Å². The molecular formula is C13H19Cl3N2OS. The lowest BCUT2D eigenvalue weighted by Crippen LogP contribution is -2.32. The summed E-state index contributed by atoms with van der Waals surface area (Å²) < 4.78 is 0. The first-order valence-corrected chi connectivity index (χ1v) is 8.03. The van der Waals surface area contributed by atoms with Gasteiger partial charge in [0.1, 0.15) is 0 Å². The lowest BCUT2D eigenvalue weighted by Gasteiger charge is -2.06. The Morgan fingerprint density at radius 1 is 1.30 bits per heavy atom. The van der Waals surface area contributed by atoms with E-state index in [1.54, 1.807) is 12.1 Å². The number of carbonyl (C=O) groups is 1. The molecule has 0 aliphatic carbocycles. The number of benzene rings is 1. The standard InChI is InChI=1S/C13H18Cl2N2OS.ClH/c1-2-16-5-6-17-13(18)9-19-8-10-3-4-11(14)7-12(10)15;/h3-4,7,16H,2,5-6,8-9H2,1H3,(H,17,18);1H. The van der Waals surface area contributed by atoms with Crippen LogP contribution < -0.4 is 10.6 Å². The van der Waals surface area contributed by atoms with Crippen LogP contribution in [0, 0.1) is 0 Å². The highest BCUT2D eigenvalue weighted by atomic mass is 35.5. The molecule has 0 bridgehead atoms. The molecule has 1 aromatic rings. The molecule has 7 heteroatoms. The van der Waals surface area contributed by atoms with E-state index in [-0.39, 0.29) is 18.3 Å². The van der Waals surface area contributed by atoms with Crippen LogP contribution in [0.1, 0.15) is 12.5 Å². The van der Waals surface area contributed by atoms with Gasteiger partial charge in [0.05, 0.1) is 5.75 Å². The van der Waals surface area contributed by atoms with E-state index in [9.17, 15) is 4.79 Å². The Balaban J connectivity index is 0.00000361. The summed E-state index contributed by atoms with van der Waals surface area (Å²) in [6.07, 6.45) is 0. The maximum atomic E-state index is 11.5. The minimum atomic E-state index is 0. The molecule has 0 radical (unpaired) electrons. The first-order valence-electron chi connectivity index (χ1n) is 6.12. The molecule has 0 saturated carbocycles. The van der Waals surface area contributed by atoms with E-state index in [4.69, 9.17) is 23.2 Å². The monoisotopic (exact) mass is 356 g/mol. The van der Waals surface area contributed by atoms with E-state index < -0.39 is 0 Å². The maximum Gasteiger partial charge on any atom is 0.230 e. The summed E-state index contributed by atoms with van der Waals surface area (Å²) in [6.45, 7) is 4.41. The van der Waals surface area contributed by atoms with Gasteiger partial charge in [-0.2, -0.15) is 0 Å². The second-order valence-electron chi connectivity index (χ2n) is 3.93. The summed E-state index contributed by atoms with van der Waals surface area (Å²) >= 11 is 13.4. The summed E-state index contributed by atoms with van der Waals surface area (Å²) in [7, 11) is 0. The molecular weight excluding hydrogens is 339 g/mol. The van der Waals surface area contributed by atoms with Gasteiger partial charge in [-0.1, -0.05) is 36.2 Å². The van der Waals surface area contributed by atoms with Crippen molar-refractivity contribution in [1.82, 2.24) is 10.6 Å². The Bertz CT molecular complexity index is 419. The lowest BCUT2D eigenvalue weighted by molar-refractivity contribution is -0.118. The van der Waals surface area contributed by atoms with Gasteiger partial charge in [0.15, 0.2) is 0 Å². The van der Waals surface area contributed by atoms with Crippen LogP contribution in [0.2, 0.25) is 10.0 Å². The van der Waals surface area contributed by atoms with Gasteiger partial charge < -0.3 is 10.6 Å². The second-order valence-corrected chi connectivity index (χ2v) is 5.76. The van der Waals surface area contributed by atoms with Crippen molar-refractivity contribution in [2.75, 3.05) is 25.4 Å². The number of carbonyl (C=O) groups excluding carboxylic acids is 1. The van der Waals surface area contributed by atoms with Gasteiger partial charge >= 0.3 is 0 Å². The fourth-order valence-electron chi connectivity index (χ4n) is 1.41. The minimum Gasteiger partial charge on any atom is -0.354 e. The smallest absolute Gasteiger partial charge is 0.230 e. The number of halogens is 3. The van der Waals surface area contributed by atoms with E-state index in [1.165, 1.54) is 11.8 Å². The lowest BCUT2D eigenvalue weighted by atomic mass is 10.2. The van der Waals surface area contributed by atoms with Crippen LogP contribution in [-0.2, 0) is 10.5 Å². The molecule has 1 rings (SSSR count). The number of nitrogens with one attached hydrogen (secondary N) is 2. The van der Waals surface area contributed by atoms with Gasteiger partial charge in [-0.05, 0) is 24.2 Å². The summed E-state index contributed by atoms with van der Waals surface area (Å²) in [6, 6.07) is 5.41. The second kappa shape index (κ2) is 11.5. The minimum absolute atomic E-state index is 0. The molecule has 0 unspecified atom stereocenters. The molecule has 0 saturated heterocycles. The predicted molar refractivity (Wildman–Crippen MR) is 91.4 cm³/mol. The Morgan fingerprint density at radius 2 is 2.05 bits per heavy atom. The highest BCUT2D eigenvalue weighted by molar-refractivity contribution is 7.99. The zero-order valence-electron chi connectivity index (χ0n) is 11.2. The van der Waals surface area contributed by atoms with Crippen molar-refractivity contribution in [3.8, 4) is 0 Å². The average Bonchev–Trinajstić information content (AvgIpc) is 2.37. The third-order valence-corrected chi connectivity index (χ3v) is 3.95. The van der Waals surface area contributed by atoms with Gasteiger partial charge in [-0.25, -0.2) is 0 Å². The first-order chi connectivity index (χ1) is 9.13. The van der Waals surface area contributed by atoms with Crippen molar-refractivity contribution in [1.29, 1.82) is 0 Å². The van der Waals surface area contributed by atoms with E-state index in [2.05, 4.69) is 10.6 Å². The van der Waals surface area contributed by atoms with Gasteiger partial charge in [-0.15, -0.1) is 24.2 Å². The quantitative estimate of drug-likeness (QED) is 0.701. The molecule has 0 aliphatic heterocycles. The third-order valence-electron chi connectivity index (χ3n) is 2.38. The Morgan fingerprint density at radius 3 is 2.70 bits per heavy atom. The predicted octanol–water partition coefficient (Wildman–Crippen LogP) is 3.37. The molecule has 20 heavy (non-hydrogen) atoms. The Kier molecular flexibility index (Phi) is 11.4. The van der Waals surface area contributed by atoms with Crippen molar-refractivity contribution in [3.63, 3.8) is 0 Å². The largest absolute Gasteiger partial charge is 0.354 e. The summed E-state index contributed by atoms with van der Waals surface area (Å²) in [5.41, 5.74) is 0.997. The van der Waals surface area contributed by atoms with Gasteiger partial charge in [0.25, 0.3) is 0 Å². The number of hydrogen-bond donors (Lipinski definition) is 2. The van der Waals surface area contributed by atoms with E-state index in [1.807, 2.05) is 13.0 Å². The summed E-state index contributed by atoms with van der Waals surface area (Å²) in [5.74, 6) is 1.19. The SMILES string of the molecule is CCNCCNC(=O)CSCc1ccc(Cl)cc1Cl.Cl. The molecule has 114 valence electrons. The van der Waals surface area contributed by atoms with Crippen molar-refractivity contribution < 1.29 is 4.79 Å². The molecule has 0 aliphatic rings. The molecule has 1 aromatic carbocycles. The maximum absolute atomic E-state index is 11.5. The molecule has 3 nitrogen and oxygen atoms in total. The summed E-state index contributed by atoms with van der Waals surface area (Å²) in [4.78, 5) is 11.5. The normalized spacial score (nSPS) is 9.95. The molecule has 0 fully saturated rings. The van der Waals surface area contributed by atoms with Crippen molar-refractivity contribution >= 4 is 53.3 Å². The third kappa shape index (κ3) is 8.22. The highest BCUT2D eigenvalue weighted by Crippen LogP contribution is 2.24. The fraction of sp³-hybridized carbons (Fsp3) is 0.462. The molecule has 0 atom stereocenters. The van der Waals surface area contributed by atoms with E-state index >= 15 is 0 Å². The molecule has 2 N–H and O–H groups in total. The summed E-state index contributed by atoms with van der Waals surface area (Å²) in [5, 5.41) is 7.27. The van der Waals surface area contributed by atoms with Crippen molar-refractivity contribution in [2.45, 2.75) is 12.7 Å². The van der Waals surface area contributed by atoms with E-state index in [0.717, 1.165) is 18.7 Å². The van der Waals surface area contributed by atoms with Crippen LogP contribution in [-0.4, -0.2) is 31.3 Å². The number of rotatable bonds is 8. The van der Waals surface area contributed by atoms with Crippen LogP contribution in [0.25, 0.3) is 0 Å². The molecule has 1 amide bonds. The van der Waals surface area contributed by atoms with Crippen molar-refractivity contribution in [3.05, 3.63) is 33.8 Å². The zero-order chi connectivity index (χ0) is 14.1. The van der Waals surface area contributed by atoms with Crippen LogP contribution in [0.3, 0.4) is 0 Å². The molecule has 0 aromatic heterocycles. The van der Waals surface area contributed by atoms with Crippen LogP contribution in [0.15, 0.2) is 18.2 Å². The van der Waals surface area contributed by atoms with Gasteiger partial charge in [-0.3, -0.25) is 4.79 Å². The Hall–Kier alpha value is -0.130. The topological polar surface area (TPSA) is 41.1 Å². The molecule has 0 heterocycles.